The first kappa shape index (κ1) is 14.5. The Bertz CT molecular complexity index is 156. The van der Waals surface area contributed by atoms with Crippen molar-refractivity contribution in [2.24, 2.45) is 11.7 Å². The second-order valence-electron chi connectivity index (χ2n) is 3.99. The highest BCUT2D eigenvalue weighted by atomic mass is 35.5. The van der Waals surface area contributed by atoms with Gasteiger partial charge in [-0.1, -0.05) is 0 Å². The number of ether oxygens (including phenoxy) is 1. The highest BCUT2D eigenvalue weighted by molar-refractivity contribution is 5.85. The van der Waals surface area contributed by atoms with Crippen LogP contribution in [0.15, 0.2) is 0 Å². The van der Waals surface area contributed by atoms with Crippen LogP contribution in [0.25, 0.3) is 0 Å². The van der Waals surface area contributed by atoms with E-state index in [0.717, 1.165) is 25.6 Å². The Morgan fingerprint density at radius 2 is 1.93 bits per heavy atom. The Morgan fingerprint density at radius 3 is 2.50 bits per heavy atom. The van der Waals surface area contributed by atoms with Crippen molar-refractivity contribution >= 4 is 24.8 Å². The molecule has 0 aromatic rings. The van der Waals surface area contributed by atoms with Crippen LogP contribution in [0.2, 0.25) is 0 Å². The molecule has 14 heavy (non-hydrogen) atoms. The van der Waals surface area contributed by atoms with Gasteiger partial charge in [-0.25, -0.2) is 0 Å². The molecule has 2 fully saturated rings. The summed E-state index contributed by atoms with van der Waals surface area (Å²) < 4.78 is 5.27. The summed E-state index contributed by atoms with van der Waals surface area (Å²) in [6.45, 7) is 2.76. The van der Waals surface area contributed by atoms with E-state index in [2.05, 4.69) is 5.32 Å². The minimum absolute atomic E-state index is 0. The van der Waals surface area contributed by atoms with Crippen LogP contribution in [0, 0.1) is 5.92 Å². The molecule has 0 radical (unpaired) electrons. The van der Waals surface area contributed by atoms with E-state index in [1.165, 1.54) is 19.4 Å². The summed E-state index contributed by atoms with van der Waals surface area (Å²) in [5.74, 6) is 0.944. The van der Waals surface area contributed by atoms with E-state index < -0.39 is 0 Å². The monoisotopic (exact) mass is 242 g/mol. The Kier molecular flexibility index (Phi) is 7.08. The van der Waals surface area contributed by atoms with Crippen LogP contribution < -0.4 is 11.1 Å². The lowest BCUT2D eigenvalue weighted by molar-refractivity contribution is 0.0617. The maximum absolute atomic E-state index is 5.90. The van der Waals surface area contributed by atoms with Crippen LogP contribution in [-0.4, -0.2) is 31.8 Å². The SMILES string of the molecule is Cl.Cl.NC1COCCC1NCC1CC1. The van der Waals surface area contributed by atoms with Crippen molar-refractivity contribution in [2.45, 2.75) is 31.3 Å². The van der Waals surface area contributed by atoms with Crippen molar-refractivity contribution in [2.75, 3.05) is 19.8 Å². The molecule has 1 aliphatic heterocycles. The molecule has 3 nitrogen and oxygen atoms in total. The molecule has 86 valence electrons. The molecule has 3 N–H and O–H groups in total. The standard InChI is InChI=1S/C9H18N2O.2ClH/c10-8-6-12-4-3-9(8)11-5-7-1-2-7;;/h7-9,11H,1-6,10H2;2*1H. The predicted molar refractivity (Wildman–Crippen MR) is 62.4 cm³/mol. The van der Waals surface area contributed by atoms with E-state index in [9.17, 15) is 0 Å². The quantitative estimate of drug-likeness (QED) is 0.775. The van der Waals surface area contributed by atoms with Crippen molar-refractivity contribution in [3.63, 3.8) is 0 Å². The summed E-state index contributed by atoms with van der Waals surface area (Å²) >= 11 is 0. The molecule has 1 saturated carbocycles. The van der Waals surface area contributed by atoms with Gasteiger partial charge in [0.25, 0.3) is 0 Å². The molecule has 1 aliphatic carbocycles. The largest absolute Gasteiger partial charge is 0.380 e. The molecule has 2 unspecified atom stereocenters. The number of nitrogens with one attached hydrogen (secondary N) is 1. The van der Waals surface area contributed by atoms with Gasteiger partial charge < -0.3 is 15.8 Å². The van der Waals surface area contributed by atoms with Crippen LogP contribution >= 0.6 is 24.8 Å². The Labute approximate surface area is 98.0 Å². The smallest absolute Gasteiger partial charge is 0.0632 e. The van der Waals surface area contributed by atoms with Crippen LogP contribution in [-0.2, 0) is 4.74 Å². The number of hydrogen-bond donors (Lipinski definition) is 2. The summed E-state index contributed by atoms with van der Waals surface area (Å²) in [5, 5.41) is 3.53. The molecule has 0 bridgehead atoms. The zero-order valence-electron chi connectivity index (χ0n) is 8.28. The molecular formula is C9H20Cl2N2O. The van der Waals surface area contributed by atoms with Gasteiger partial charge in [0.05, 0.1) is 6.61 Å². The van der Waals surface area contributed by atoms with E-state index in [0.29, 0.717) is 6.04 Å². The minimum Gasteiger partial charge on any atom is -0.380 e. The molecule has 0 spiro atoms. The number of hydrogen-bond acceptors (Lipinski definition) is 3. The number of rotatable bonds is 3. The molecule has 2 rings (SSSR count). The maximum Gasteiger partial charge on any atom is 0.0632 e. The van der Waals surface area contributed by atoms with Crippen LogP contribution in [0.4, 0.5) is 0 Å². The fraction of sp³-hybridized carbons (Fsp3) is 1.00. The fourth-order valence-electron chi connectivity index (χ4n) is 1.65. The van der Waals surface area contributed by atoms with Crippen molar-refractivity contribution in [1.82, 2.24) is 5.32 Å². The van der Waals surface area contributed by atoms with Gasteiger partial charge in [0.1, 0.15) is 0 Å². The molecule has 2 atom stereocenters. The first-order valence-corrected chi connectivity index (χ1v) is 4.93. The average Bonchev–Trinajstić information content (AvgIpc) is 2.86. The van der Waals surface area contributed by atoms with Gasteiger partial charge in [0.15, 0.2) is 0 Å². The second kappa shape index (κ2) is 6.85. The second-order valence-corrected chi connectivity index (χ2v) is 3.99. The molecule has 5 heteroatoms. The zero-order chi connectivity index (χ0) is 8.39. The van der Waals surface area contributed by atoms with Gasteiger partial charge in [0, 0.05) is 18.7 Å². The molecule has 1 heterocycles. The summed E-state index contributed by atoms with van der Waals surface area (Å²) in [4.78, 5) is 0. The van der Waals surface area contributed by atoms with Crippen molar-refractivity contribution in [1.29, 1.82) is 0 Å². The Balaban J connectivity index is 0.000000845. The van der Waals surface area contributed by atoms with Gasteiger partial charge >= 0.3 is 0 Å². The summed E-state index contributed by atoms with van der Waals surface area (Å²) in [7, 11) is 0. The third-order valence-electron chi connectivity index (χ3n) is 2.77. The van der Waals surface area contributed by atoms with Crippen molar-refractivity contribution in [3.05, 3.63) is 0 Å². The summed E-state index contributed by atoms with van der Waals surface area (Å²) in [5.41, 5.74) is 5.90. The third kappa shape index (κ3) is 4.32. The molecule has 1 saturated heterocycles. The van der Waals surface area contributed by atoms with E-state index in [1.54, 1.807) is 0 Å². The van der Waals surface area contributed by atoms with Gasteiger partial charge in [-0.3, -0.25) is 0 Å². The van der Waals surface area contributed by atoms with Gasteiger partial charge in [0.2, 0.25) is 0 Å². The van der Waals surface area contributed by atoms with Crippen molar-refractivity contribution < 1.29 is 4.74 Å². The van der Waals surface area contributed by atoms with Crippen molar-refractivity contribution in [3.8, 4) is 0 Å². The highest BCUT2D eigenvalue weighted by Crippen LogP contribution is 2.27. The predicted octanol–water partition coefficient (Wildman–Crippen LogP) is 0.946. The number of halogens is 2. The highest BCUT2D eigenvalue weighted by Gasteiger charge is 2.26. The van der Waals surface area contributed by atoms with Crippen LogP contribution in [0.5, 0.6) is 0 Å². The van der Waals surface area contributed by atoms with E-state index >= 15 is 0 Å². The minimum atomic E-state index is 0. The maximum atomic E-state index is 5.90. The lowest BCUT2D eigenvalue weighted by Crippen LogP contribution is -2.51. The summed E-state index contributed by atoms with van der Waals surface area (Å²) in [6, 6.07) is 0.705. The van der Waals surface area contributed by atoms with Gasteiger partial charge in [-0.05, 0) is 31.7 Å². The van der Waals surface area contributed by atoms with Gasteiger partial charge in [-0.2, -0.15) is 0 Å². The molecule has 0 amide bonds. The average molecular weight is 243 g/mol. The normalized spacial score (nSPS) is 31.5. The van der Waals surface area contributed by atoms with Crippen LogP contribution in [0.1, 0.15) is 19.3 Å². The van der Waals surface area contributed by atoms with Crippen LogP contribution in [0.3, 0.4) is 0 Å². The van der Waals surface area contributed by atoms with E-state index in [-0.39, 0.29) is 30.9 Å². The summed E-state index contributed by atoms with van der Waals surface area (Å²) in [6.07, 6.45) is 3.89. The van der Waals surface area contributed by atoms with E-state index in [1.807, 2.05) is 0 Å². The third-order valence-corrected chi connectivity index (χ3v) is 2.77. The first-order chi connectivity index (χ1) is 5.86. The first-order valence-electron chi connectivity index (χ1n) is 4.93. The van der Waals surface area contributed by atoms with Gasteiger partial charge in [-0.15, -0.1) is 24.8 Å². The fourth-order valence-corrected chi connectivity index (χ4v) is 1.65. The molecule has 0 aromatic heterocycles. The molecular weight excluding hydrogens is 223 g/mol. The lowest BCUT2D eigenvalue weighted by Gasteiger charge is -2.29. The lowest BCUT2D eigenvalue weighted by atomic mass is 10.0. The topological polar surface area (TPSA) is 47.3 Å². The number of nitrogens with two attached hydrogens (primary N) is 1. The zero-order valence-corrected chi connectivity index (χ0v) is 9.91. The molecule has 0 aromatic carbocycles. The Morgan fingerprint density at radius 1 is 1.21 bits per heavy atom. The van der Waals surface area contributed by atoms with E-state index in [4.69, 9.17) is 10.5 Å². The Hall–Kier alpha value is 0.460. The molecule has 2 aliphatic rings.